The summed E-state index contributed by atoms with van der Waals surface area (Å²) in [5.41, 5.74) is 0.0613. The molecule has 0 aromatic carbocycles. The van der Waals surface area contributed by atoms with E-state index in [0.29, 0.717) is 0 Å². The third kappa shape index (κ3) is 3.49. The molecular weight excluding hydrogens is 270 g/mol. The Hall–Kier alpha value is -2.05. The zero-order valence-electron chi connectivity index (χ0n) is 10.6. The molecular formula is C13H14F2N2O3. The van der Waals surface area contributed by atoms with Gasteiger partial charge in [-0.3, -0.25) is 9.78 Å². The molecule has 1 aromatic rings. The first kappa shape index (κ1) is 14.4. The summed E-state index contributed by atoms with van der Waals surface area (Å²) in [7, 11) is 0. The van der Waals surface area contributed by atoms with E-state index < -0.39 is 17.8 Å². The summed E-state index contributed by atoms with van der Waals surface area (Å²) >= 11 is 0. The Morgan fingerprint density at radius 2 is 1.95 bits per heavy atom. The lowest BCUT2D eigenvalue weighted by atomic mass is 9.92. The van der Waals surface area contributed by atoms with Gasteiger partial charge in [-0.25, -0.2) is 13.6 Å². The van der Waals surface area contributed by atoms with E-state index in [-0.39, 0.29) is 43.0 Å². The molecule has 0 spiro atoms. The van der Waals surface area contributed by atoms with Crippen LogP contribution >= 0.6 is 0 Å². The first-order chi connectivity index (χ1) is 9.37. The fraction of sp³-hybridized carbons (Fsp3) is 0.462. The van der Waals surface area contributed by atoms with Gasteiger partial charge in [-0.05, 0) is 25.0 Å². The number of carboxylic acid groups (broad SMARTS) is 1. The largest absolute Gasteiger partial charge is 0.478 e. The van der Waals surface area contributed by atoms with Crippen molar-refractivity contribution in [2.75, 3.05) is 0 Å². The number of halogens is 2. The number of hydrogen-bond donors (Lipinski definition) is 2. The lowest BCUT2D eigenvalue weighted by molar-refractivity contribution is -0.0399. The maximum absolute atomic E-state index is 13.0. The standard InChI is InChI=1S/C13H14F2N2O3/c14-13(15)5-3-9(4-6-13)17-11(18)10-2-1-8(7-16-10)12(19)20/h1-2,7,9H,3-6H2,(H,17,18)(H,19,20). The maximum atomic E-state index is 13.0. The molecule has 0 radical (unpaired) electrons. The zero-order chi connectivity index (χ0) is 14.8. The van der Waals surface area contributed by atoms with Gasteiger partial charge >= 0.3 is 5.97 Å². The molecule has 1 aliphatic carbocycles. The molecule has 108 valence electrons. The second kappa shape index (κ2) is 5.52. The second-order valence-electron chi connectivity index (χ2n) is 4.84. The highest BCUT2D eigenvalue weighted by Crippen LogP contribution is 2.33. The predicted molar refractivity (Wildman–Crippen MR) is 65.9 cm³/mol. The van der Waals surface area contributed by atoms with Crippen molar-refractivity contribution < 1.29 is 23.5 Å². The summed E-state index contributed by atoms with van der Waals surface area (Å²) in [6.45, 7) is 0. The quantitative estimate of drug-likeness (QED) is 0.890. The number of carbonyl (C=O) groups excluding carboxylic acids is 1. The number of carbonyl (C=O) groups is 2. The van der Waals surface area contributed by atoms with Crippen molar-refractivity contribution in [2.45, 2.75) is 37.6 Å². The van der Waals surface area contributed by atoms with Gasteiger partial charge in [-0.15, -0.1) is 0 Å². The van der Waals surface area contributed by atoms with E-state index in [1.165, 1.54) is 12.1 Å². The molecule has 2 rings (SSSR count). The summed E-state index contributed by atoms with van der Waals surface area (Å²) in [5, 5.41) is 11.4. The van der Waals surface area contributed by atoms with Crippen LogP contribution in [0.1, 0.15) is 46.5 Å². The van der Waals surface area contributed by atoms with Crippen molar-refractivity contribution in [3.05, 3.63) is 29.6 Å². The normalized spacial score (nSPS) is 18.5. The van der Waals surface area contributed by atoms with E-state index in [9.17, 15) is 18.4 Å². The average Bonchev–Trinajstić information content (AvgIpc) is 2.41. The molecule has 0 atom stereocenters. The number of nitrogens with zero attached hydrogens (tertiary/aromatic N) is 1. The molecule has 1 heterocycles. The minimum absolute atomic E-state index is 0.0149. The minimum atomic E-state index is -2.64. The van der Waals surface area contributed by atoms with Crippen LogP contribution in [0.5, 0.6) is 0 Å². The van der Waals surface area contributed by atoms with Gasteiger partial charge < -0.3 is 10.4 Å². The van der Waals surface area contributed by atoms with Crippen LogP contribution in [-0.2, 0) is 0 Å². The Labute approximate surface area is 114 Å². The Balaban J connectivity index is 1.93. The number of pyridine rings is 1. The molecule has 1 aromatic heterocycles. The smallest absolute Gasteiger partial charge is 0.337 e. The molecule has 0 aliphatic heterocycles. The van der Waals surface area contributed by atoms with E-state index in [1.807, 2.05) is 0 Å². The number of carboxylic acids is 1. The molecule has 0 saturated heterocycles. The number of aromatic nitrogens is 1. The molecule has 5 nitrogen and oxygen atoms in total. The van der Waals surface area contributed by atoms with Gasteiger partial charge in [0, 0.05) is 25.1 Å². The summed E-state index contributed by atoms with van der Waals surface area (Å²) in [6.07, 6.45) is 1.08. The molecule has 1 fully saturated rings. The minimum Gasteiger partial charge on any atom is -0.478 e. The van der Waals surface area contributed by atoms with Crippen molar-refractivity contribution >= 4 is 11.9 Å². The van der Waals surface area contributed by atoms with Crippen LogP contribution in [0.2, 0.25) is 0 Å². The Kier molecular flexibility index (Phi) is 3.96. The Morgan fingerprint density at radius 3 is 2.45 bits per heavy atom. The van der Waals surface area contributed by atoms with Gasteiger partial charge in [0.15, 0.2) is 0 Å². The molecule has 1 amide bonds. The van der Waals surface area contributed by atoms with Crippen LogP contribution in [0, 0.1) is 0 Å². The first-order valence-electron chi connectivity index (χ1n) is 6.25. The molecule has 1 aliphatic rings. The van der Waals surface area contributed by atoms with Gasteiger partial charge in [0.05, 0.1) is 5.56 Å². The highest BCUT2D eigenvalue weighted by molar-refractivity contribution is 5.93. The van der Waals surface area contributed by atoms with Gasteiger partial charge in [0.1, 0.15) is 5.69 Å². The van der Waals surface area contributed by atoms with Crippen LogP contribution < -0.4 is 5.32 Å². The molecule has 0 unspecified atom stereocenters. The fourth-order valence-corrected chi connectivity index (χ4v) is 2.10. The van der Waals surface area contributed by atoms with Crippen LogP contribution in [0.15, 0.2) is 18.3 Å². The first-order valence-corrected chi connectivity index (χ1v) is 6.25. The van der Waals surface area contributed by atoms with Crippen LogP contribution in [-0.4, -0.2) is 33.9 Å². The Morgan fingerprint density at radius 1 is 1.30 bits per heavy atom. The van der Waals surface area contributed by atoms with E-state index >= 15 is 0 Å². The zero-order valence-corrected chi connectivity index (χ0v) is 10.6. The third-order valence-electron chi connectivity index (χ3n) is 3.30. The van der Waals surface area contributed by atoms with E-state index in [1.54, 1.807) is 0 Å². The number of alkyl halides is 2. The van der Waals surface area contributed by atoms with Gasteiger partial charge in [0.2, 0.25) is 5.92 Å². The van der Waals surface area contributed by atoms with E-state index in [0.717, 1.165) is 6.20 Å². The summed E-state index contributed by atoms with van der Waals surface area (Å²) in [5.74, 6) is -4.24. The van der Waals surface area contributed by atoms with Gasteiger partial charge in [-0.2, -0.15) is 0 Å². The van der Waals surface area contributed by atoms with Crippen molar-refractivity contribution in [1.29, 1.82) is 0 Å². The lowest BCUT2D eigenvalue weighted by Crippen LogP contribution is -2.40. The number of amides is 1. The summed E-state index contributed by atoms with van der Waals surface area (Å²) < 4.78 is 26.0. The van der Waals surface area contributed by atoms with Crippen LogP contribution in [0.4, 0.5) is 8.78 Å². The number of rotatable bonds is 3. The maximum Gasteiger partial charge on any atom is 0.337 e. The van der Waals surface area contributed by atoms with Crippen LogP contribution in [0.25, 0.3) is 0 Å². The highest BCUT2D eigenvalue weighted by atomic mass is 19.3. The van der Waals surface area contributed by atoms with Gasteiger partial charge in [0.25, 0.3) is 5.91 Å². The number of aromatic carboxylic acids is 1. The van der Waals surface area contributed by atoms with Crippen molar-refractivity contribution in [3.63, 3.8) is 0 Å². The van der Waals surface area contributed by atoms with Crippen molar-refractivity contribution in [2.24, 2.45) is 0 Å². The molecule has 2 N–H and O–H groups in total. The van der Waals surface area contributed by atoms with Crippen LogP contribution in [0.3, 0.4) is 0 Å². The van der Waals surface area contributed by atoms with E-state index in [2.05, 4.69) is 10.3 Å². The molecule has 0 bridgehead atoms. The van der Waals surface area contributed by atoms with E-state index in [4.69, 9.17) is 5.11 Å². The van der Waals surface area contributed by atoms with Crippen molar-refractivity contribution in [3.8, 4) is 0 Å². The second-order valence-corrected chi connectivity index (χ2v) is 4.84. The van der Waals surface area contributed by atoms with Crippen molar-refractivity contribution in [1.82, 2.24) is 10.3 Å². The topological polar surface area (TPSA) is 79.3 Å². The summed E-state index contributed by atoms with van der Waals surface area (Å²) in [4.78, 5) is 26.2. The summed E-state index contributed by atoms with van der Waals surface area (Å²) in [6, 6.07) is 2.29. The fourth-order valence-electron chi connectivity index (χ4n) is 2.10. The SMILES string of the molecule is O=C(O)c1ccc(C(=O)NC2CCC(F)(F)CC2)nc1. The number of hydrogen-bond acceptors (Lipinski definition) is 3. The average molecular weight is 284 g/mol. The molecule has 20 heavy (non-hydrogen) atoms. The lowest BCUT2D eigenvalue weighted by Gasteiger charge is -2.28. The molecule has 1 saturated carbocycles. The van der Waals surface area contributed by atoms with Gasteiger partial charge in [-0.1, -0.05) is 0 Å². The number of nitrogens with one attached hydrogen (secondary N) is 1. The third-order valence-corrected chi connectivity index (χ3v) is 3.30. The highest BCUT2D eigenvalue weighted by Gasteiger charge is 2.35. The Bertz CT molecular complexity index is 507. The predicted octanol–water partition coefficient (Wildman–Crippen LogP) is 2.09. The monoisotopic (exact) mass is 284 g/mol. The molecule has 7 heteroatoms.